The molecule has 30 heavy (non-hydrogen) atoms. The number of benzene rings is 1. The van der Waals surface area contributed by atoms with Crippen molar-refractivity contribution in [2.45, 2.75) is 0 Å². The van der Waals surface area contributed by atoms with E-state index in [9.17, 15) is 0 Å². The number of anilines is 1. The number of nitrogens with one attached hydrogen (secondary N) is 2. The van der Waals surface area contributed by atoms with Crippen molar-refractivity contribution in [2.24, 2.45) is 0 Å². The van der Waals surface area contributed by atoms with Gasteiger partial charge in [-0.2, -0.15) is 16.4 Å². The monoisotopic (exact) mass is 408 g/mol. The van der Waals surface area contributed by atoms with E-state index in [1.54, 1.807) is 29.9 Å². The molecule has 1 aromatic carbocycles. The highest BCUT2D eigenvalue weighted by molar-refractivity contribution is 7.08. The third-order valence-corrected chi connectivity index (χ3v) is 5.94. The summed E-state index contributed by atoms with van der Waals surface area (Å²) in [5, 5.41) is 14.1. The zero-order valence-corrected chi connectivity index (χ0v) is 16.6. The van der Waals surface area contributed by atoms with Crippen LogP contribution >= 0.6 is 11.3 Å². The lowest BCUT2D eigenvalue weighted by atomic mass is 10.0. The van der Waals surface area contributed by atoms with Gasteiger partial charge in [0, 0.05) is 34.2 Å². The van der Waals surface area contributed by atoms with Crippen LogP contribution < -0.4 is 5.73 Å². The number of aromatic amines is 2. The molecule has 5 heterocycles. The minimum absolute atomic E-state index is 0.610. The summed E-state index contributed by atoms with van der Waals surface area (Å²) in [6.45, 7) is 0. The van der Waals surface area contributed by atoms with Crippen LogP contribution in [0.1, 0.15) is 0 Å². The van der Waals surface area contributed by atoms with Crippen LogP contribution in [0.2, 0.25) is 0 Å². The summed E-state index contributed by atoms with van der Waals surface area (Å²) in [5.41, 5.74) is 14.4. The van der Waals surface area contributed by atoms with E-state index in [1.807, 2.05) is 12.1 Å². The van der Waals surface area contributed by atoms with Crippen molar-refractivity contribution in [1.82, 2.24) is 25.1 Å². The molecule has 6 nitrogen and oxygen atoms in total. The van der Waals surface area contributed by atoms with Crippen LogP contribution in [-0.4, -0.2) is 25.1 Å². The molecule has 0 amide bonds. The van der Waals surface area contributed by atoms with Crippen molar-refractivity contribution in [3.8, 4) is 33.8 Å². The third kappa shape index (κ3) is 2.67. The number of H-pyrrole nitrogens is 2. The SMILES string of the molecule is Nc1cncc(-c2cc3c(-c4cc5c(-c6ccsc6)cccc5[nH]4)n[nH]c3cn2)c1. The van der Waals surface area contributed by atoms with E-state index < -0.39 is 0 Å². The predicted molar refractivity (Wildman–Crippen MR) is 122 cm³/mol. The molecule has 0 saturated carbocycles. The van der Waals surface area contributed by atoms with Gasteiger partial charge in [0.15, 0.2) is 0 Å². The van der Waals surface area contributed by atoms with Crippen molar-refractivity contribution in [1.29, 1.82) is 0 Å². The Kier molecular flexibility index (Phi) is 3.69. The first kappa shape index (κ1) is 16.9. The number of hydrogen-bond acceptors (Lipinski definition) is 5. The number of hydrogen-bond donors (Lipinski definition) is 3. The van der Waals surface area contributed by atoms with Crippen LogP contribution in [0.25, 0.3) is 55.6 Å². The number of nitrogens with zero attached hydrogens (tertiary/aromatic N) is 3. The average molecular weight is 408 g/mol. The van der Waals surface area contributed by atoms with Gasteiger partial charge in [-0.3, -0.25) is 15.1 Å². The van der Waals surface area contributed by atoms with E-state index in [1.165, 1.54) is 16.5 Å². The first-order valence-corrected chi connectivity index (χ1v) is 10.4. The maximum atomic E-state index is 5.89. The van der Waals surface area contributed by atoms with Crippen molar-refractivity contribution in [2.75, 3.05) is 5.73 Å². The normalized spacial score (nSPS) is 11.5. The van der Waals surface area contributed by atoms with Gasteiger partial charge in [-0.05, 0) is 52.2 Å². The number of thiophene rings is 1. The zero-order valence-electron chi connectivity index (χ0n) is 15.8. The lowest BCUT2D eigenvalue weighted by Crippen LogP contribution is -1.89. The maximum absolute atomic E-state index is 5.89. The highest BCUT2D eigenvalue weighted by Gasteiger charge is 2.15. The fraction of sp³-hybridized carbons (Fsp3) is 0. The highest BCUT2D eigenvalue weighted by atomic mass is 32.1. The molecular formula is C23H16N6S. The maximum Gasteiger partial charge on any atom is 0.116 e. The summed E-state index contributed by atoms with van der Waals surface area (Å²) in [6.07, 6.45) is 5.19. The molecule has 0 atom stereocenters. The standard InChI is InChI=1S/C23H16N6S/c24-15-6-14(9-25-10-15)20-8-18-22(11-26-20)28-29-23(18)21-7-17-16(13-4-5-30-12-13)2-1-3-19(17)27-21/h1-12,27H,24H2,(H,28,29). The summed E-state index contributed by atoms with van der Waals surface area (Å²) in [6, 6.07) is 14.5. The lowest BCUT2D eigenvalue weighted by molar-refractivity contribution is 1.11. The number of aromatic nitrogens is 5. The van der Waals surface area contributed by atoms with E-state index in [-0.39, 0.29) is 0 Å². The van der Waals surface area contributed by atoms with Crippen LogP contribution in [0.4, 0.5) is 5.69 Å². The highest BCUT2D eigenvalue weighted by Crippen LogP contribution is 2.35. The first-order chi connectivity index (χ1) is 14.8. The van der Waals surface area contributed by atoms with Crippen molar-refractivity contribution in [3.63, 3.8) is 0 Å². The molecule has 0 radical (unpaired) electrons. The van der Waals surface area contributed by atoms with Gasteiger partial charge in [0.05, 0.1) is 28.8 Å². The number of nitrogens with two attached hydrogens (primary N) is 1. The molecule has 5 aromatic heterocycles. The minimum Gasteiger partial charge on any atom is -0.397 e. The van der Waals surface area contributed by atoms with E-state index in [0.29, 0.717) is 5.69 Å². The molecule has 0 saturated heterocycles. The van der Waals surface area contributed by atoms with Gasteiger partial charge in [0.2, 0.25) is 0 Å². The van der Waals surface area contributed by atoms with Gasteiger partial charge in [-0.15, -0.1) is 0 Å². The van der Waals surface area contributed by atoms with Gasteiger partial charge < -0.3 is 10.7 Å². The summed E-state index contributed by atoms with van der Waals surface area (Å²) in [5.74, 6) is 0. The molecule has 6 rings (SSSR count). The Bertz CT molecular complexity index is 1510. The fourth-order valence-electron chi connectivity index (χ4n) is 3.83. The Morgan fingerprint density at radius 3 is 2.73 bits per heavy atom. The second kappa shape index (κ2) is 6.53. The Hall–Kier alpha value is -3.97. The van der Waals surface area contributed by atoms with Crippen molar-refractivity contribution < 1.29 is 0 Å². The molecule has 0 aliphatic rings. The molecule has 4 N–H and O–H groups in total. The number of pyridine rings is 2. The average Bonchev–Trinajstić information content (AvgIpc) is 3.51. The number of nitrogen functional groups attached to an aromatic ring is 1. The van der Waals surface area contributed by atoms with Crippen LogP contribution in [0, 0.1) is 0 Å². The molecule has 0 spiro atoms. The molecule has 0 unspecified atom stereocenters. The number of fused-ring (bicyclic) bond motifs is 2. The minimum atomic E-state index is 0.610. The van der Waals surface area contributed by atoms with Gasteiger partial charge in [-0.1, -0.05) is 12.1 Å². The lowest BCUT2D eigenvalue weighted by Gasteiger charge is -2.02. The Balaban J connectivity index is 1.52. The number of rotatable bonds is 3. The summed E-state index contributed by atoms with van der Waals surface area (Å²) < 4.78 is 0. The zero-order chi connectivity index (χ0) is 20.1. The predicted octanol–water partition coefficient (Wildman–Crippen LogP) is 5.48. The topological polar surface area (TPSA) is 96.3 Å². The molecule has 0 bridgehead atoms. The van der Waals surface area contributed by atoms with E-state index in [0.717, 1.165) is 39.1 Å². The van der Waals surface area contributed by atoms with E-state index in [2.05, 4.69) is 66.2 Å². The van der Waals surface area contributed by atoms with Gasteiger partial charge in [0.25, 0.3) is 0 Å². The first-order valence-electron chi connectivity index (χ1n) is 9.46. The fourth-order valence-corrected chi connectivity index (χ4v) is 4.49. The van der Waals surface area contributed by atoms with Crippen molar-refractivity contribution in [3.05, 3.63) is 71.8 Å². The van der Waals surface area contributed by atoms with Gasteiger partial charge in [-0.25, -0.2) is 0 Å². The van der Waals surface area contributed by atoms with Gasteiger partial charge in [0.1, 0.15) is 5.69 Å². The Morgan fingerprint density at radius 2 is 1.87 bits per heavy atom. The largest absolute Gasteiger partial charge is 0.397 e. The van der Waals surface area contributed by atoms with E-state index >= 15 is 0 Å². The molecule has 7 heteroatoms. The van der Waals surface area contributed by atoms with Crippen molar-refractivity contribution >= 4 is 38.8 Å². The Labute approximate surface area is 175 Å². The second-order valence-electron chi connectivity index (χ2n) is 7.16. The van der Waals surface area contributed by atoms with Crippen LogP contribution in [0.3, 0.4) is 0 Å². The van der Waals surface area contributed by atoms with Gasteiger partial charge >= 0.3 is 0 Å². The smallest absolute Gasteiger partial charge is 0.116 e. The summed E-state index contributed by atoms with van der Waals surface area (Å²) in [7, 11) is 0. The molecule has 0 aliphatic carbocycles. The summed E-state index contributed by atoms with van der Waals surface area (Å²) in [4.78, 5) is 12.2. The van der Waals surface area contributed by atoms with Crippen LogP contribution in [-0.2, 0) is 0 Å². The van der Waals surface area contributed by atoms with E-state index in [4.69, 9.17) is 5.73 Å². The quantitative estimate of drug-likeness (QED) is 0.361. The molecule has 144 valence electrons. The van der Waals surface area contributed by atoms with Crippen LogP contribution in [0.15, 0.2) is 71.8 Å². The second-order valence-corrected chi connectivity index (χ2v) is 7.94. The Morgan fingerprint density at radius 1 is 0.900 bits per heavy atom. The molecule has 0 aliphatic heterocycles. The molecular weight excluding hydrogens is 392 g/mol. The van der Waals surface area contributed by atoms with Crippen LogP contribution in [0.5, 0.6) is 0 Å². The summed E-state index contributed by atoms with van der Waals surface area (Å²) >= 11 is 1.70. The molecule has 0 fully saturated rings. The third-order valence-electron chi connectivity index (χ3n) is 5.25. The molecule has 6 aromatic rings.